The molecule has 1 unspecified atom stereocenters. The van der Waals surface area contributed by atoms with E-state index in [2.05, 4.69) is 10.0 Å². The highest BCUT2D eigenvalue weighted by Crippen LogP contribution is 2.32. The van der Waals surface area contributed by atoms with Crippen LogP contribution in [0, 0.1) is 0 Å². The zero-order chi connectivity index (χ0) is 29.7. The van der Waals surface area contributed by atoms with E-state index in [4.69, 9.17) is 14.2 Å². The number of amides is 2. The summed E-state index contributed by atoms with van der Waals surface area (Å²) in [6.45, 7) is 2.40. The van der Waals surface area contributed by atoms with Crippen molar-refractivity contribution in [1.29, 1.82) is 0 Å². The molecule has 1 saturated carbocycles. The fourth-order valence-corrected chi connectivity index (χ4v) is 5.92. The van der Waals surface area contributed by atoms with Crippen LogP contribution in [0.3, 0.4) is 0 Å². The van der Waals surface area contributed by atoms with Gasteiger partial charge in [-0.15, -0.1) is 0 Å². The number of ether oxygens (including phenoxy) is 3. The number of sulfonamides is 1. The zero-order valence-corrected chi connectivity index (χ0v) is 24.5. The van der Waals surface area contributed by atoms with Gasteiger partial charge in [-0.2, -0.15) is 0 Å². The number of carbonyl (C=O) groups excluding carboxylic acids is 2. The molecule has 1 heterocycles. The molecule has 222 valence electrons. The lowest BCUT2D eigenvalue weighted by molar-refractivity contribution is -0.140. The molecule has 0 spiro atoms. The molecule has 0 radical (unpaired) electrons. The van der Waals surface area contributed by atoms with E-state index < -0.39 is 16.1 Å². The molecule has 1 aliphatic heterocycles. The van der Waals surface area contributed by atoms with E-state index in [1.165, 1.54) is 0 Å². The van der Waals surface area contributed by atoms with E-state index >= 15 is 0 Å². The van der Waals surface area contributed by atoms with E-state index in [9.17, 15) is 18.0 Å². The highest BCUT2D eigenvalue weighted by atomic mass is 32.2. The lowest BCUT2D eigenvalue weighted by Gasteiger charge is -2.29. The summed E-state index contributed by atoms with van der Waals surface area (Å²) >= 11 is 0. The molecule has 1 aliphatic carbocycles. The highest BCUT2D eigenvalue weighted by molar-refractivity contribution is 7.89. The Morgan fingerprint density at radius 3 is 2.31 bits per heavy atom. The fraction of sp³-hybridized carbons (Fsp3) is 0.355. The second-order valence-corrected chi connectivity index (χ2v) is 12.2. The molecule has 42 heavy (non-hydrogen) atoms. The molecule has 2 amide bonds. The van der Waals surface area contributed by atoms with Crippen LogP contribution >= 0.6 is 0 Å². The number of rotatable bonds is 13. The third-order valence-corrected chi connectivity index (χ3v) is 8.88. The van der Waals surface area contributed by atoms with Gasteiger partial charge >= 0.3 is 0 Å². The van der Waals surface area contributed by atoms with Gasteiger partial charge in [-0.05, 0) is 79.3 Å². The van der Waals surface area contributed by atoms with Gasteiger partial charge in [0.25, 0.3) is 0 Å². The minimum atomic E-state index is -3.54. The predicted molar refractivity (Wildman–Crippen MR) is 156 cm³/mol. The normalized spacial score (nSPS) is 14.7. The van der Waals surface area contributed by atoms with Crippen LogP contribution in [0.2, 0.25) is 0 Å². The largest absolute Gasteiger partial charge is 0.497 e. The van der Waals surface area contributed by atoms with Crippen LogP contribution in [0.5, 0.6) is 17.2 Å². The van der Waals surface area contributed by atoms with Crippen molar-refractivity contribution < 1.29 is 32.2 Å². The number of carbonyl (C=O) groups is 2. The van der Waals surface area contributed by atoms with Gasteiger partial charge in [0.1, 0.15) is 11.8 Å². The third kappa shape index (κ3) is 7.40. The van der Waals surface area contributed by atoms with Gasteiger partial charge in [0, 0.05) is 25.6 Å². The zero-order valence-electron chi connectivity index (χ0n) is 23.7. The molecule has 5 rings (SSSR count). The second-order valence-electron chi connectivity index (χ2n) is 10.5. The molecule has 0 saturated heterocycles. The average molecular weight is 594 g/mol. The first-order valence-corrected chi connectivity index (χ1v) is 15.4. The van der Waals surface area contributed by atoms with Crippen LogP contribution in [0.15, 0.2) is 71.6 Å². The van der Waals surface area contributed by atoms with Crippen molar-refractivity contribution in [3.05, 3.63) is 83.4 Å². The van der Waals surface area contributed by atoms with Crippen molar-refractivity contribution in [2.75, 3.05) is 13.9 Å². The van der Waals surface area contributed by atoms with E-state index in [-0.39, 0.29) is 49.1 Å². The molecule has 1 fully saturated rings. The van der Waals surface area contributed by atoms with E-state index in [0.717, 1.165) is 29.5 Å². The van der Waals surface area contributed by atoms with Crippen LogP contribution in [0.4, 0.5) is 0 Å². The number of hydrogen-bond acceptors (Lipinski definition) is 7. The molecule has 3 aromatic rings. The fourth-order valence-electron chi connectivity index (χ4n) is 4.62. The minimum absolute atomic E-state index is 0.0280. The van der Waals surface area contributed by atoms with Crippen LogP contribution in [0.25, 0.3) is 0 Å². The van der Waals surface area contributed by atoms with Gasteiger partial charge in [0.2, 0.25) is 28.6 Å². The molecule has 0 aromatic heterocycles. The molecule has 11 heteroatoms. The molecule has 10 nitrogen and oxygen atoms in total. The molecule has 2 N–H and O–H groups in total. The molecule has 2 aliphatic rings. The molecule has 0 bridgehead atoms. The van der Waals surface area contributed by atoms with Crippen molar-refractivity contribution in [3.63, 3.8) is 0 Å². The second kappa shape index (κ2) is 12.8. The standard InChI is InChI=1S/C31H35N3O7S/c1-21(31(36)32-18-24-7-15-28-29(17-24)41-20-40-28)34(19-23-3-11-26(39-2)12-4-23)30(35)16-8-22-5-13-27(14-6-22)42(37,38)33-25-9-10-25/h3-7,11-15,17,21,25,33H,8-10,16,18-20H2,1-2H3,(H,32,36). The summed E-state index contributed by atoms with van der Waals surface area (Å²) in [7, 11) is -1.95. The van der Waals surface area contributed by atoms with Crippen LogP contribution < -0.4 is 24.2 Å². The van der Waals surface area contributed by atoms with Gasteiger partial charge in [0.15, 0.2) is 11.5 Å². The van der Waals surface area contributed by atoms with Gasteiger partial charge < -0.3 is 24.4 Å². The topological polar surface area (TPSA) is 123 Å². The molecule has 1 atom stereocenters. The van der Waals surface area contributed by atoms with Gasteiger partial charge in [-0.3, -0.25) is 9.59 Å². The maximum absolute atomic E-state index is 13.5. The summed E-state index contributed by atoms with van der Waals surface area (Å²) in [5, 5.41) is 2.93. The van der Waals surface area contributed by atoms with E-state index in [1.807, 2.05) is 36.4 Å². The summed E-state index contributed by atoms with van der Waals surface area (Å²) in [5.41, 5.74) is 2.54. The quantitative estimate of drug-likeness (QED) is 0.311. The lowest BCUT2D eigenvalue weighted by Crippen LogP contribution is -2.47. The SMILES string of the molecule is COc1ccc(CN(C(=O)CCc2ccc(S(=O)(=O)NC3CC3)cc2)C(C)C(=O)NCc2ccc3c(c2)OCO3)cc1. The van der Waals surface area contributed by atoms with Crippen molar-refractivity contribution >= 4 is 21.8 Å². The maximum atomic E-state index is 13.5. The van der Waals surface area contributed by atoms with Gasteiger partial charge in [-0.25, -0.2) is 13.1 Å². The molecular formula is C31H35N3O7S. The summed E-state index contributed by atoms with van der Waals surface area (Å²) in [4.78, 5) is 28.5. The molecular weight excluding hydrogens is 558 g/mol. The Kier molecular flexibility index (Phi) is 8.98. The Morgan fingerprint density at radius 1 is 0.952 bits per heavy atom. The lowest BCUT2D eigenvalue weighted by atomic mass is 10.1. The number of aryl methyl sites for hydroxylation is 1. The van der Waals surface area contributed by atoms with Crippen molar-refractivity contribution in [2.24, 2.45) is 0 Å². The van der Waals surface area contributed by atoms with Gasteiger partial charge in [0.05, 0.1) is 12.0 Å². The average Bonchev–Trinajstić information content (AvgIpc) is 3.68. The number of methoxy groups -OCH3 is 1. The number of hydrogen-bond donors (Lipinski definition) is 2. The van der Waals surface area contributed by atoms with Crippen molar-refractivity contribution in [2.45, 2.75) is 62.7 Å². The van der Waals surface area contributed by atoms with E-state index in [0.29, 0.717) is 23.7 Å². The van der Waals surface area contributed by atoms with E-state index in [1.54, 1.807) is 49.3 Å². The van der Waals surface area contributed by atoms with Crippen LogP contribution in [0.1, 0.15) is 42.9 Å². The maximum Gasteiger partial charge on any atom is 0.242 e. The Bertz CT molecular complexity index is 1520. The Balaban J connectivity index is 1.24. The number of fused-ring (bicyclic) bond motifs is 1. The molecule has 3 aromatic carbocycles. The summed E-state index contributed by atoms with van der Waals surface area (Å²) in [5.74, 6) is 1.52. The first-order chi connectivity index (χ1) is 20.2. The third-order valence-electron chi connectivity index (χ3n) is 7.34. The van der Waals surface area contributed by atoms with Gasteiger partial charge in [-0.1, -0.05) is 30.3 Å². The first-order valence-electron chi connectivity index (χ1n) is 13.9. The predicted octanol–water partition coefficient (Wildman–Crippen LogP) is 3.53. The first kappa shape index (κ1) is 29.4. The highest BCUT2D eigenvalue weighted by Gasteiger charge is 2.28. The monoisotopic (exact) mass is 593 g/mol. The van der Waals surface area contributed by atoms with Crippen molar-refractivity contribution in [3.8, 4) is 17.2 Å². The Labute approximate surface area is 246 Å². The van der Waals surface area contributed by atoms with Crippen LogP contribution in [-0.4, -0.2) is 51.1 Å². The summed E-state index contributed by atoms with van der Waals surface area (Å²) in [6, 6.07) is 18.7. The number of benzene rings is 3. The summed E-state index contributed by atoms with van der Waals surface area (Å²) < 4.78 is 43.6. The number of nitrogens with one attached hydrogen (secondary N) is 2. The van der Waals surface area contributed by atoms with Crippen LogP contribution in [-0.2, 0) is 39.1 Å². The smallest absolute Gasteiger partial charge is 0.242 e. The minimum Gasteiger partial charge on any atom is -0.497 e. The Morgan fingerprint density at radius 2 is 1.62 bits per heavy atom. The Hall–Kier alpha value is -4.09. The summed E-state index contributed by atoms with van der Waals surface area (Å²) in [6.07, 6.45) is 2.28. The number of nitrogens with zero attached hydrogens (tertiary/aromatic N) is 1. The van der Waals surface area contributed by atoms with Crippen molar-refractivity contribution in [1.82, 2.24) is 14.9 Å².